The number of carbonyl (C=O) groups is 1. The van der Waals surface area contributed by atoms with Gasteiger partial charge in [-0.1, -0.05) is 31.2 Å². The molecule has 150 valence electrons. The summed E-state index contributed by atoms with van der Waals surface area (Å²) in [6.07, 6.45) is 1.16. The second-order valence-corrected chi connectivity index (χ2v) is 7.84. The number of hydrogen-bond donors (Lipinski definition) is 1. The molecule has 2 heterocycles. The average molecular weight is 386 g/mol. The molecule has 1 fully saturated rings. The molecular formula is C20H26N4O4. The maximum Gasteiger partial charge on any atom is 0.407 e. The molecule has 2 aliphatic rings. The van der Waals surface area contributed by atoms with Crippen LogP contribution in [0.2, 0.25) is 0 Å². The van der Waals surface area contributed by atoms with Crippen LogP contribution in [0.3, 0.4) is 0 Å². The molecule has 1 amide bonds. The van der Waals surface area contributed by atoms with Gasteiger partial charge in [0.05, 0.1) is 38.6 Å². The van der Waals surface area contributed by atoms with Gasteiger partial charge in [-0.3, -0.25) is 0 Å². The standard InChI is InChI=1S/C20H26N4O4/c1-13(2)11-27-19(25)21-16-8-9-20(12-28-20)18-17(16)22-23-24(18)10-14-4-6-15(26-3)7-5-14/h4-7,13,16H,8-12H2,1-3H3,(H,21,25)/t16-,20-/m1/s1. The molecule has 1 aromatic heterocycles. The van der Waals surface area contributed by atoms with Gasteiger partial charge in [0.2, 0.25) is 0 Å². The Morgan fingerprint density at radius 2 is 2.14 bits per heavy atom. The third-order valence-corrected chi connectivity index (χ3v) is 5.18. The van der Waals surface area contributed by atoms with Gasteiger partial charge in [-0.25, -0.2) is 9.48 Å². The van der Waals surface area contributed by atoms with Gasteiger partial charge in [0.1, 0.15) is 17.0 Å². The Morgan fingerprint density at radius 1 is 1.39 bits per heavy atom. The van der Waals surface area contributed by atoms with E-state index in [1.165, 1.54) is 0 Å². The number of aromatic nitrogens is 3. The molecule has 8 heteroatoms. The highest BCUT2D eigenvalue weighted by molar-refractivity contribution is 5.68. The predicted octanol–water partition coefficient (Wildman–Crippen LogP) is 2.78. The number of amides is 1. The van der Waals surface area contributed by atoms with E-state index in [0.717, 1.165) is 35.5 Å². The van der Waals surface area contributed by atoms with Gasteiger partial charge in [0, 0.05) is 0 Å². The molecule has 28 heavy (non-hydrogen) atoms. The van der Waals surface area contributed by atoms with E-state index in [0.29, 0.717) is 25.7 Å². The number of fused-ring (bicyclic) bond motifs is 2. The summed E-state index contributed by atoms with van der Waals surface area (Å²) in [6, 6.07) is 7.66. The topological polar surface area (TPSA) is 90.8 Å². The van der Waals surface area contributed by atoms with Crippen LogP contribution >= 0.6 is 0 Å². The van der Waals surface area contributed by atoms with E-state index >= 15 is 0 Å². The van der Waals surface area contributed by atoms with E-state index in [9.17, 15) is 4.79 Å². The SMILES string of the molecule is COc1ccc(Cn2nnc3c2[C@@]2(CC[C@H]3NC(=O)OCC(C)C)CO2)cc1. The zero-order chi connectivity index (χ0) is 19.7. The summed E-state index contributed by atoms with van der Waals surface area (Å²) in [5, 5.41) is 11.7. The fraction of sp³-hybridized carbons (Fsp3) is 0.550. The molecule has 2 atom stereocenters. The molecule has 8 nitrogen and oxygen atoms in total. The van der Waals surface area contributed by atoms with Crippen molar-refractivity contribution < 1.29 is 19.0 Å². The van der Waals surface area contributed by atoms with Crippen LogP contribution in [0.15, 0.2) is 24.3 Å². The predicted molar refractivity (Wildman–Crippen MR) is 101 cm³/mol. The number of nitrogens with zero attached hydrogens (tertiary/aromatic N) is 3. The highest BCUT2D eigenvalue weighted by Gasteiger charge is 2.54. The molecule has 4 rings (SSSR count). The molecule has 0 bridgehead atoms. The van der Waals surface area contributed by atoms with E-state index < -0.39 is 6.09 Å². The lowest BCUT2D eigenvalue weighted by Gasteiger charge is -2.27. The summed E-state index contributed by atoms with van der Waals surface area (Å²) >= 11 is 0. The Morgan fingerprint density at radius 3 is 2.79 bits per heavy atom. The zero-order valence-corrected chi connectivity index (χ0v) is 16.5. The molecule has 1 aromatic carbocycles. The van der Waals surface area contributed by atoms with Crippen molar-refractivity contribution in [2.24, 2.45) is 5.92 Å². The van der Waals surface area contributed by atoms with Crippen molar-refractivity contribution >= 4 is 6.09 Å². The summed E-state index contributed by atoms with van der Waals surface area (Å²) in [5.74, 6) is 1.11. The van der Waals surface area contributed by atoms with Crippen molar-refractivity contribution in [1.29, 1.82) is 0 Å². The van der Waals surface area contributed by atoms with E-state index in [1.807, 2.05) is 42.8 Å². The number of methoxy groups -OCH3 is 1. The quantitative estimate of drug-likeness (QED) is 0.768. The van der Waals surface area contributed by atoms with Crippen molar-refractivity contribution in [3.05, 3.63) is 41.2 Å². The van der Waals surface area contributed by atoms with Crippen molar-refractivity contribution in [2.75, 3.05) is 20.3 Å². The average Bonchev–Trinajstić information content (AvgIpc) is 3.33. The molecule has 0 unspecified atom stereocenters. The maximum absolute atomic E-state index is 12.1. The number of carbonyl (C=O) groups excluding carboxylic acids is 1. The van der Waals surface area contributed by atoms with E-state index in [4.69, 9.17) is 14.2 Å². The third-order valence-electron chi connectivity index (χ3n) is 5.18. The Kier molecular flexibility index (Phi) is 4.97. The largest absolute Gasteiger partial charge is 0.497 e. The van der Waals surface area contributed by atoms with Crippen LogP contribution in [0, 0.1) is 5.92 Å². The number of alkyl carbamates (subject to hydrolysis) is 1. The van der Waals surface area contributed by atoms with E-state index in [1.54, 1.807) is 7.11 Å². The second-order valence-electron chi connectivity index (χ2n) is 7.84. The van der Waals surface area contributed by atoms with Crippen LogP contribution < -0.4 is 10.1 Å². The monoisotopic (exact) mass is 386 g/mol. The lowest BCUT2D eigenvalue weighted by molar-refractivity contribution is 0.126. The number of epoxide rings is 1. The van der Waals surface area contributed by atoms with Crippen LogP contribution in [0.5, 0.6) is 5.75 Å². The first-order valence-corrected chi connectivity index (χ1v) is 9.65. The second kappa shape index (κ2) is 7.43. The van der Waals surface area contributed by atoms with Crippen molar-refractivity contribution in [1.82, 2.24) is 20.3 Å². The van der Waals surface area contributed by atoms with Gasteiger partial charge in [-0.05, 0) is 36.5 Å². The summed E-state index contributed by atoms with van der Waals surface area (Å²) in [4.78, 5) is 12.1. The van der Waals surface area contributed by atoms with Crippen LogP contribution in [-0.4, -0.2) is 41.4 Å². The first kappa shape index (κ1) is 18.7. The van der Waals surface area contributed by atoms with Crippen LogP contribution in [0.25, 0.3) is 0 Å². The van der Waals surface area contributed by atoms with Crippen LogP contribution in [0.4, 0.5) is 4.79 Å². The molecule has 1 saturated heterocycles. The van der Waals surface area contributed by atoms with Gasteiger partial charge in [0.15, 0.2) is 0 Å². The Labute approximate surface area is 164 Å². The summed E-state index contributed by atoms with van der Waals surface area (Å²) in [6.45, 7) is 5.65. The lowest BCUT2D eigenvalue weighted by Crippen LogP contribution is -2.35. The van der Waals surface area contributed by atoms with Gasteiger partial charge < -0.3 is 19.5 Å². The maximum atomic E-state index is 12.1. The van der Waals surface area contributed by atoms with Crippen LogP contribution in [0.1, 0.15) is 49.7 Å². The molecule has 2 aromatic rings. The third kappa shape index (κ3) is 3.69. The number of ether oxygens (including phenoxy) is 3. The molecule has 1 N–H and O–H groups in total. The molecule has 1 aliphatic carbocycles. The first-order valence-electron chi connectivity index (χ1n) is 9.65. The molecule has 1 spiro atoms. The Hall–Kier alpha value is -2.61. The van der Waals surface area contributed by atoms with Gasteiger partial charge in [-0.15, -0.1) is 5.10 Å². The normalized spacial score (nSPS) is 22.8. The van der Waals surface area contributed by atoms with E-state index in [-0.39, 0.29) is 11.6 Å². The summed E-state index contributed by atoms with van der Waals surface area (Å²) < 4.78 is 18.2. The minimum absolute atomic E-state index is 0.214. The van der Waals surface area contributed by atoms with Gasteiger partial charge >= 0.3 is 6.09 Å². The van der Waals surface area contributed by atoms with E-state index in [2.05, 4.69) is 15.6 Å². The van der Waals surface area contributed by atoms with Crippen LogP contribution in [-0.2, 0) is 21.6 Å². The minimum Gasteiger partial charge on any atom is -0.497 e. The number of rotatable bonds is 6. The highest BCUT2D eigenvalue weighted by atomic mass is 16.6. The van der Waals surface area contributed by atoms with Crippen molar-refractivity contribution in [3.8, 4) is 5.75 Å². The highest BCUT2D eigenvalue weighted by Crippen LogP contribution is 2.50. The molecule has 0 saturated carbocycles. The Bertz CT molecular complexity index is 842. The summed E-state index contributed by atoms with van der Waals surface area (Å²) in [5.41, 5.74) is 2.52. The Balaban J connectivity index is 1.53. The molecule has 0 radical (unpaired) electrons. The minimum atomic E-state index is -0.415. The van der Waals surface area contributed by atoms with Crippen molar-refractivity contribution in [2.45, 2.75) is 44.9 Å². The first-order chi connectivity index (χ1) is 13.5. The van der Waals surface area contributed by atoms with Gasteiger partial charge in [-0.2, -0.15) is 0 Å². The molecule has 1 aliphatic heterocycles. The number of hydrogen-bond acceptors (Lipinski definition) is 6. The smallest absolute Gasteiger partial charge is 0.407 e. The molecular weight excluding hydrogens is 360 g/mol. The number of nitrogens with one attached hydrogen (secondary N) is 1. The summed E-state index contributed by atoms with van der Waals surface area (Å²) in [7, 11) is 1.65. The zero-order valence-electron chi connectivity index (χ0n) is 16.5. The fourth-order valence-electron chi connectivity index (χ4n) is 3.61. The number of benzene rings is 1. The lowest BCUT2D eigenvalue weighted by atomic mass is 9.86. The van der Waals surface area contributed by atoms with Crippen molar-refractivity contribution in [3.63, 3.8) is 0 Å². The fourth-order valence-corrected chi connectivity index (χ4v) is 3.61. The van der Waals surface area contributed by atoms with Gasteiger partial charge in [0.25, 0.3) is 0 Å².